The average Bonchev–Trinajstić information content (AvgIpc) is 2.87. The molecule has 0 aliphatic heterocycles. The molecule has 0 saturated heterocycles. The van der Waals surface area contributed by atoms with Crippen molar-refractivity contribution >= 4 is 29.5 Å². The fourth-order valence-electron chi connectivity index (χ4n) is 3.38. The van der Waals surface area contributed by atoms with Crippen LogP contribution in [0.3, 0.4) is 0 Å². The van der Waals surface area contributed by atoms with Gasteiger partial charge in [0, 0.05) is 19.3 Å². The van der Waals surface area contributed by atoms with Crippen LogP contribution in [0.1, 0.15) is 59.6 Å². The van der Waals surface area contributed by atoms with Gasteiger partial charge in [0.05, 0.1) is 36.3 Å². The Morgan fingerprint density at radius 2 is 1.73 bits per heavy atom. The molecule has 1 aromatic heterocycles. The van der Waals surface area contributed by atoms with E-state index >= 15 is 0 Å². The third kappa shape index (κ3) is 7.80. The van der Waals surface area contributed by atoms with E-state index in [1.54, 1.807) is 41.5 Å². The standard InChI is InChI=1S/C27H36FN5O7/c1-15(2)29-24(34)26(36)31(8)33-25(35)21(18(7)30-40-17(5)6)13-32(27(33)37)14-23(39-16(3)4)20-12-19(28)10-11-22(20)38-9/h10-17H,1-9H3,(H,29,34)/b23-14-,30-18+. The molecule has 2 rings (SSSR count). The molecule has 0 atom stereocenters. The van der Waals surface area contributed by atoms with Gasteiger partial charge in [0.2, 0.25) is 0 Å². The molecule has 40 heavy (non-hydrogen) atoms. The molecule has 0 bridgehead atoms. The summed E-state index contributed by atoms with van der Waals surface area (Å²) in [7, 11) is 2.51. The topological polar surface area (TPSA) is 133 Å². The van der Waals surface area contributed by atoms with Crippen molar-refractivity contribution in [1.29, 1.82) is 0 Å². The number of rotatable bonds is 10. The molecule has 218 valence electrons. The van der Waals surface area contributed by atoms with Crippen LogP contribution in [0, 0.1) is 5.82 Å². The van der Waals surface area contributed by atoms with Gasteiger partial charge >= 0.3 is 17.5 Å². The Balaban J connectivity index is 2.91. The number of aromatic nitrogens is 2. The Bertz CT molecular complexity index is 1420. The van der Waals surface area contributed by atoms with E-state index in [2.05, 4.69) is 10.5 Å². The number of carbonyl (C=O) groups excluding carboxylic acids is 2. The van der Waals surface area contributed by atoms with Gasteiger partial charge in [-0.05, 0) is 66.7 Å². The summed E-state index contributed by atoms with van der Waals surface area (Å²) in [6, 6.07) is 3.41. The van der Waals surface area contributed by atoms with Crippen molar-refractivity contribution < 1.29 is 28.3 Å². The highest BCUT2D eigenvalue weighted by Crippen LogP contribution is 2.29. The van der Waals surface area contributed by atoms with Crippen molar-refractivity contribution in [2.75, 3.05) is 19.2 Å². The number of ether oxygens (including phenoxy) is 2. The Morgan fingerprint density at radius 3 is 2.27 bits per heavy atom. The number of benzene rings is 1. The maximum Gasteiger partial charge on any atom is 0.354 e. The number of halogens is 1. The largest absolute Gasteiger partial charge is 0.496 e. The van der Waals surface area contributed by atoms with Gasteiger partial charge in [0.1, 0.15) is 23.4 Å². The highest BCUT2D eigenvalue weighted by atomic mass is 19.1. The number of oxime groups is 1. The summed E-state index contributed by atoms with van der Waals surface area (Å²) in [5, 5.41) is 6.99. The number of nitrogens with zero attached hydrogens (tertiary/aromatic N) is 4. The first kappa shape index (κ1) is 31.8. The van der Waals surface area contributed by atoms with E-state index < -0.39 is 35.0 Å². The molecule has 0 fully saturated rings. The Kier molecular flexibility index (Phi) is 10.8. The molecule has 2 aromatic rings. The van der Waals surface area contributed by atoms with E-state index in [9.17, 15) is 23.6 Å². The lowest BCUT2D eigenvalue weighted by Crippen LogP contribution is -2.57. The van der Waals surface area contributed by atoms with Crippen molar-refractivity contribution in [2.24, 2.45) is 5.16 Å². The van der Waals surface area contributed by atoms with Crippen molar-refractivity contribution in [2.45, 2.75) is 66.7 Å². The SMILES string of the molecule is COc1ccc(F)cc1/C(=C/n1cc(/C(C)=N/OC(C)C)c(=O)n(N(C)C(=O)C(=O)NC(C)C)c1=O)OC(C)C. The first-order chi connectivity index (χ1) is 18.7. The fraction of sp³-hybridized carbons (Fsp3) is 0.444. The van der Waals surface area contributed by atoms with E-state index in [1.165, 1.54) is 44.6 Å². The molecule has 1 aromatic carbocycles. The molecule has 0 unspecified atom stereocenters. The molecule has 0 spiro atoms. The van der Waals surface area contributed by atoms with Gasteiger partial charge in [-0.25, -0.2) is 14.2 Å². The second-order valence-electron chi connectivity index (χ2n) is 9.64. The predicted molar refractivity (Wildman–Crippen MR) is 149 cm³/mol. The molecule has 0 saturated carbocycles. The third-order valence-corrected chi connectivity index (χ3v) is 5.14. The molecule has 0 aliphatic rings. The van der Waals surface area contributed by atoms with Gasteiger partial charge in [0.15, 0.2) is 0 Å². The molecule has 1 N–H and O–H groups in total. The number of amides is 2. The monoisotopic (exact) mass is 561 g/mol. The summed E-state index contributed by atoms with van der Waals surface area (Å²) >= 11 is 0. The van der Waals surface area contributed by atoms with Crippen molar-refractivity contribution in [1.82, 2.24) is 14.6 Å². The molecule has 2 amide bonds. The molecule has 13 heteroatoms. The second kappa shape index (κ2) is 13.6. The quantitative estimate of drug-likeness (QED) is 0.204. The van der Waals surface area contributed by atoms with Crippen LogP contribution in [0.25, 0.3) is 12.0 Å². The van der Waals surface area contributed by atoms with Gasteiger partial charge in [0.25, 0.3) is 5.56 Å². The zero-order chi connectivity index (χ0) is 30.3. The minimum absolute atomic E-state index is 0.0316. The lowest BCUT2D eigenvalue weighted by molar-refractivity contribution is -0.138. The number of carbonyl (C=O) groups is 2. The van der Waals surface area contributed by atoms with Gasteiger partial charge in [-0.3, -0.25) is 19.0 Å². The van der Waals surface area contributed by atoms with E-state index in [4.69, 9.17) is 14.3 Å². The van der Waals surface area contributed by atoms with E-state index in [-0.39, 0.29) is 40.5 Å². The summed E-state index contributed by atoms with van der Waals surface area (Å²) in [6.07, 6.45) is 1.69. The van der Waals surface area contributed by atoms with Crippen LogP contribution in [0.4, 0.5) is 4.39 Å². The summed E-state index contributed by atoms with van der Waals surface area (Å²) in [5.41, 5.74) is -1.77. The first-order valence-electron chi connectivity index (χ1n) is 12.6. The second-order valence-corrected chi connectivity index (χ2v) is 9.64. The number of likely N-dealkylation sites (N-methyl/N-ethyl adjacent to an activating group) is 1. The highest BCUT2D eigenvalue weighted by Gasteiger charge is 2.26. The summed E-state index contributed by atoms with van der Waals surface area (Å²) in [6.45, 7) is 11.7. The van der Waals surface area contributed by atoms with Gasteiger partial charge in [-0.2, -0.15) is 4.68 Å². The summed E-state index contributed by atoms with van der Waals surface area (Å²) in [4.78, 5) is 57.6. The Hall–Kier alpha value is -4.42. The molecule has 12 nitrogen and oxygen atoms in total. The Morgan fingerprint density at radius 1 is 1.07 bits per heavy atom. The lowest BCUT2D eigenvalue weighted by Gasteiger charge is -2.21. The van der Waals surface area contributed by atoms with E-state index in [1.807, 2.05) is 0 Å². The first-order valence-corrected chi connectivity index (χ1v) is 12.6. The lowest BCUT2D eigenvalue weighted by atomic mass is 10.1. The van der Waals surface area contributed by atoms with Crippen molar-refractivity contribution in [3.05, 3.63) is 62.2 Å². The minimum atomic E-state index is -1.15. The molecular weight excluding hydrogens is 525 g/mol. The number of methoxy groups -OCH3 is 1. The van der Waals surface area contributed by atoms with Gasteiger partial charge in [-0.1, -0.05) is 5.16 Å². The van der Waals surface area contributed by atoms with Crippen LogP contribution in [-0.2, 0) is 19.2 Å². The zero-order valence-electron chi connectivity index (χ0n) is 24.1. The van der Waals surface area contributed by atoms with Gasteiger partial charge in [-0.15, -0.1) is 0 Å². The minimum Gasteiger partial charge on any atom is -0.496 e. The van der Waals surface area contributed by atoms with Crippen LogP contribution >= 0.6 is 0 Å². The Labute approximate surface area is 231 Å². The average molecular weight is 562 g/mol. The van der Waals surface area contributed by atoms with Crippen molar-refractivity contribution in [3.8, 4) is 5.75 Å². The maximum absolute atomic E-state index is 14.2. The van der Waals surface area contributed by atoms with Crippen LogP contribution in [-0.4, -0.2) is 59.2 Å². The maximum atomic E-state index is 14.2. The van der Waals surface area contributed by atoms with E-state index in [0.29, 0.717) is 9.69 Å². The van der Waals surface area contributed by atoms with Crippen molar-refractivity contribution in [3.63, 3.8) is 0 Å². The van der Waals surface area contributed by atoms with E-state index in [0.717, 1.165) is 11.6 Å². The molecule has 1 heterocycles. The highest BCUT2D eigenvalue weighted by molar-refractivity contribution is 6.38. The van der Waals surface area contributed by atoms with Crippen LogP contribution in [0.15, 0.2) is 39.1 Å². The molecular formula is C27H36FN5O7. The third-order valence-electron chi connectivity index (χ3n) is 5.14. The fourth-order valence-corrected chi connectivity index (χ4v) is 3.38. The zero-order valence-corrected chi connectivity index (χ0v) is 24.1. The normalized spacial score (nSPS) is 12.1. The van der Waals surface area contributed by atoms with Gasteiger partial charge < -0.3 is 19.6 Å². The smallest absolute Gasteiger partial charge is 0.354 e. The van der Waals surface area contributed by atoms with Crippen LogP contribution in [0.2, 0.25) is 0 Å². The number of hydrogen-bond donors (Lipinski definition) is 1. The summed E-state index contributed by atoms with van der Waals surface area (Å²) in [5.74, 6) is -2.46. The van der Waals surface area contributed by atoms with Crippen LogP contribution < -0.4 is 26.3 Å². The summed E-state index contributed by atoms with van der Waals surface area (Å²) < 4.78 is 27.0. The number of hydrogen-bond acceptors (Lipinski definition) is 8. The molecule has 0 radical (unpaired) electrons. The van der Waals surface area contributed by atoms with Crippen LogP contribution in [0.5, 0.6) is 5.75 Å². The predicted octanol–water partition coefficient (Wildman–Crippen LogP) is 2.31. The number of nitrogens with one attached hydrogen (secondary N) is 1. The molecule has 0 aliphatic carbocycles.